The molecular formula is C18H21Cl2N3O3. The van der Waals surface area contributed by atoms with Gasteiger partial charge in [-0.2, -0.15) is 5.10 Å². The minimum Gasteiger partial charge on any atom is -0.510 e. The molecule has 0 aliphatic carbocycles. The fraction of sp³-hybridized carbons (Fsp3) is 0.444. The van der Waals surface area contributed by atoms with Crippen LogP contribution in [0.1, 0.15) is 25.8 Å². The third kappa shape index (κ3) is 4.04. The number of halogens is 2. The molecule has 1 aromatic heterocycles. The second kappa shape index (κ2) is 7.96. The van der Waals surface area contributed by atoms with E-state index in [1.807, 2.05) is 19.9 Å². The number of aliphatic hydroxyl groups excluding tert-OH is 1. The first-order chi connectivity index (χ1) is 12.4. The highest BCUT2D eigenvalue weighted by molar-refractivity contribution is 6.35. The van der Waals surface area contributed by atoms with Gasteiger partial charge in [0.25, 0.3) is 0 Å². The first-order valence-corrected chi connectivity index (χ1v) is 9.13. The molecule has 26 heavy (non-hydrogen) atoms. The molecule has 2 aromatic rings. The van der Waals surface area contributed by atoms with E-state index in [0.717, 1.165) is 12.0 Å². The van der Waals surface area contributed by atoms with Crippen molar-refractivity contribution in [2.45, 2.75) is 33.0 Å². The summed E-state index contributed by atoms with van der Waals surface area (Å²) in [6.45, 7) is 4.59. The summed E-state index contributed by atoms with van der Waals surface area (Å²) >= 11 is 12.3. The van der Waals surface area contributed by atoms with E-state index in [-0.39, 0.29) is 12.0 Å². The summed E-state index contributed by atoms with van der Waals surface area (Å²) in [7, 11) is 0. The van der Waals surface area contributed by atoms with Crippen molar-refractivity contribution < 1.29 is 14.6 Å². The standard InChI is InChI=1S/C18H21Cl2N3O3/c1-3-16-25-8-18(2,9-26-16)17(24)15(23-11-21-10-22-23)6-12-4-5-13(19)7-14(12)20/h4-5,7,10-11,16,24H,3,6,8-9H2,1-2H3/b17-15+. The topological polar surface area (TPSA) is 69.4 Å². The van der Waals surface area contributed by atoms with E-state index < -0.39 is 5.41 Å². The van der Waals surface area contributed by atoms with Crippen molar-refractivity contribution in [3.63, 3.8) is 0 Å². The van der Waals surface area contributed by atoms with Crippen molar-refractivity contribution in [3.8, 4) is 0 Å². The van der Waals surface area contributed by atoms with Crippen molar-refractivity contribution in [1.29, 1.82) is 0 Å². The van der Waals surface area contributed by atoms with Gasteiger partial charge in [0.1, 0.15) is 18.4 Å². The van der Waals surface area contributed by atoms with E-state index in [0.29, 0.717) is 35.4 Å². The minimum absolute atomic E-state index is 0.142. The van der Waals surface area contributed by atoms with Gasteiger partial charge in [-0.25, -0.2) is 9.67 Å². The number of aromatic nitrogens is 3. The molecule has 8 heteroatoms. The number of benzene rings is 1. The van der Waals surface area contributed by atoms with Gasteiger partial charge in [-0.1, -0.05) is 36.2 Å². The Kier molecular flexibility index (Phi) is 5.87. The largest absolute Gasteiger partial charge is 0.510 e. The predicted octanol–water partition coefficient (Wildman–Crippen LogP) is 4.34. The summed E-state index contributed by atoms with van der Waals surface area (Å²) in [6, 6.07) is 5.27. The molecule has 3 rings (SSSR count). The second-order valence-corrected chi connectivity index (χ2v) is 7.41. The van der Waals surface area contributed by atoms with Crippen molar-refractivity contribution in [2.24, 2.45) is 5.41 Å². The van der Waals surface area contributed by atoms with Gasteiger partial charge in [0.2, 0.25) is 0 Å². The van der Waals surface area contributed by atoms with Crippen molar-refractivity contribution in [1.82, 2.24) is 14.8 Å². The Morgan fingerprint density at radius 1 is 1.35 bits per heavy atom. The zero-order valence-corrected chi connectivity index (χ0v) is 16.2. The molecule has 0 spiro atoms. The number of aliphatic hydroxyl groups is 1. The summed E-state index contributed by atoms with van der Waals surface area (Å²) in [5, 5.41) is 16.3. The quantitative estimate of drug-likeness (QED) is 0.759. The van der Waals surface area contributed by atoms with Crippen LogP contribution in [-0.4, -0.2) is 39.4 Å². The highest BCUT2D eigenvalue weighted by Crippen LogP contribution is 2.36. The number of nitrogens with zero attached hydrogens (tertiary/aromatic N) is 3. The van der Waals surface area contributed by atoms with E-state index in [4.69, 9.17) is 32.7 Å². The molecule has 1 fully saturated rings. The van der Waals surface area contributed by atoms with Gasteiger partial charge in [-0.3, -0.25) is 0 Å². The van der Waals surface area contributed by atoms with Gasteiger partial charge < -0.3 is 14.6 Å². The van der Waals surface area contributed by atoms with Gasteiger partial charge in [0.05, 0.1) is 24.3 Å². The molecule has 0 atom stereocenters. The van der Waals surface area contributed by atoms with E-state index in [1.165, 1.54) is 17.3 Å². The molecule has 1 saturated heterocycles. The highest BCUT2D eigenvalue weighted by Gasteiger charge is 2.38. The lowest BCUT2D eigenvalue weighted by molar-refractivity contribution is -0.222. The van der Waals surface area contributed by atoms with Crippen LogP contribution in [0.5, 0.6) is 0 Å². The Balaban J connectivity index is 1.96. The zero-order valence-electron chi connectivity index (χ0n) is 14.7. The fourth-order valence-corrected chi connectivity index (χ4v) is 3.31. The van der Waals surface area contributed by atoms with Crippen LogP contribution < -0.4 is 0 Å². The molecule has 1 aromatic carbocycles. The lowest BCUT2D eigenvalue weighted by Gasteiger charge is -2.37. The number of hydrogen-bond donors (Lipinski definition) is 1. The maximum Gasteiger partial charge on any atom is 0.157 e. The molecule has 0 saturated carbocycles. The predicted molar refractivity (Wildman–Crippen MR) is 100 cm³/mol. The van der Waals surface area contributed by atoms with Gasteiger partial charge in [-0.05, 0) is 31.0 Å². The third-order valence-corrected chi connectivity index (χ3v) is 5.01. The van der Waals surface area contributed by atoms with Crippen LogP contribution in [0.25, 0.3) is 5.70 Å². The summed E-state index contributed by atoms with van der Waals surface area (Å²) in [5.41, 5.74) is 0.698. The van der Waals surface area contributed by atoms with Crippen molar-refractivity contribution in [3.05, 3.63) is 52.2 Å². The molecule has 0 radical (unpaired) electrons. The number of ether oxygens (including phenoxy) is 2. The van der Waals surface area contributed by atoms with E-state index in [1.54, 1.807) is 12.1 Å². The van der Waals surface area contributed by atoms with Crippen molar-refractivity contribution in [2.75, 3.05) is 13.2 Å². The summed E-state index contributed by atoms with van der Waals surface area (Å²) < 4.78 is 13.0. The number of rotatable bonds is 5. The van der Waals surface area contributed by atoms with Crippen molar-refractivity contribution >= 4 is 28.9 Å². The SMILES string of the molecule is CCC1OCC(C)(/C(O)=C(/Cc2ccc(Cl)cc2Cl)n2cncn2)CO1. The molecule has 0 unspecified atom stereocenters. The van der Waals surface area contributed by atoms with E-state index in [9.17, 15) is 5.11 Å². The second-order valence-electron chi connectivity index (χ2n) is 6.57. The molecule has 6 nitrogen and oxygen atoms in total. The monoisotopic (exact) mass is 397 g/mol. The van der Waals surface area contributed by atoms with Crippen LogP contribution in [0.15, 0.2) is 36.6 Å². The summed E-state index contributed by atoms with van der Waals surface area (Å²) in [6.07, 6.45) is 3.84. The van der Waals surface area contributed by atoms with Crippen LogP contribution >= 0.6 is 23.2 Å². The Labute approximate surface area is 162 Å². The van der Waals surface area contributed by atoms with E-state index in [2.05, 4.69) is 10.1 Å². The van der Waals surface area contributed by atoms with Gasteiger partial charge >= 0.3 is 0 Å². The Morgan fingerprint density at radius 3 is 2.65 bits per heavy atom. The van der Waals surface area contributed by atoms with Crippen LogP contribution in [0.2, 0.25) is 10.0 Å². The molecule has 140 valence electrons. The normalized spacial score (nSPS) is 24.4. The number of hydrogen-bond acceptors (Lipinski definition) is 5. The summed E-state index contributed by atoms with van der Waals surface area (Å²) in [5.74, 6) is 0.142. The highest BCUT2D eigenvalue weighted by atomic mass is 35.5. The molecule has 0 amide bonds. The lowest BCUT2D eigenvalue weighted by Crippen LogP contribution is -2.41. The van der Waals surface area contributed by atoms with Crippen LogP contribution in [0.3, 0.4) is 0 Å². The molecule has 1 aliphatic rings. The smallest absolute Gasteiger partial charge is 0.157 e. The van der Waals surface area contributed by atoms with Crippen LogP contribution in [0.4, 0.5) is 0 Å². The first kappa shape index (κ1) is 19.2. The molecule has 1 aliphatic heterocycles. The van der Waals surface area contributed by atoms with E-state index >= 15 is 0 Å². The lowest BCUT2D eigenvalue weighted by atomic mass is 9.87. The average Bonchev–Trinajstić information content (AvgIpc) is 3.15. The van der Waals surface area contributed by atoms with Gasteiger partial charge in [-0.15, -0.1) is 0 Å². The maximum atomic E-state index is 11.1. The number of allylic oxidation sites excluding steroid dienone is 1. The first-order valence-electron chi connectivity index (χ1n) is 8.37. The maximum absolute atomic E-state index is 11.1. The Bertz CT molecular complexity index is 785. The Morgan fingerprint density at radius 2 is 2.08 bits per heavy atom. The van der Waals surface area contributed by atoms with Crippen LogP contribution in [-0.2, 0) is 15.9 Å². The average molecular weight is 398 g/mol. The van der Waals surface area contributed by atoms with Gasteiger partial charge in [0, 0.05) is 16.5 Å². The molecule has 1 N–H and O–H groups in total. The third-order valence-electron chi connectivity index (χ3n) is 4.42. The molecular weight excluding hydrogens is 377 g/mol. The minimum atomic E-state index is -0.689. The molecule has 2 heterocycles. The van der Waals surface area contributed by atoms with Crippen LogP contribution in [0, 0.1) is 5.41 Å². The fourth-order valence-electron chi connectivity index (χ4n) is 2.83. The Hall–Kier alpha value is -1.60. The zero-order chi connectivity index (χ0) is 18.7. The summed E-state index contributed by atoms with van der Waals surface area (Å²) in [4.78, 5) is 3.99. The molecule has 0 bridgehead atoms. The van der Waals surface area contributed by atoms with Gasteiger partial charge in [0.15, 0.2) is 6.29 Å².